The largest absolute Gasteiger partial charge is 0.382 e. The Morgan fingerprint density at radius 3 is 2.89 bits per heavy atom. The number of rotatable bonds is 5. The van der Waals surface area contributed by atoms with Gasteiger partial charge in [0.05, 0.1) is 12.6 Å². The van der Waals surface area contributed by atoms with Crippen molar-refractivity contribution in [3.63, 3.8) is 0 Å². The molecule has 19 heavy (non-hydrogen) atoms. The third-order valence-electron chi connectivity index (χ3n) is 3.23. The van der Waals surface area contributed by atoms with Gasteiger partial charge in [-0.05, 0) is 18.9 Å². The lowest BCUT2D eigenvalue weighted by atomic mass is 10.1. The summed E-state index contributed by atoms with van der Waals surface area (Å²) in [5.41, 5.74) is 5.53. The lowest BCUT2D eigenvalue weighted by Gasteiger charge is -2.33. The van der Waals surface area contributed by atoms with Crippen LogP contribution in [0.25, 0.3) is 0 Å². The zero-order valence-corrected chi connectivity index (χ0v) is 11.0. The predicted molar refractivity (Wildman–Crippen MR) is 70.1 cm³/mol. The Bertz CT molecular complexity index is 470. The molecule has 2 heterocycles. The average molecular weight is 265 g/mol. The van der Waals surface area contributed by atoms with Crippen LogP contribution in [0.3, 0.4) is 0 Å². The van der Waals surface area contributed by atoms with Gasteiger partial charge in [0.15, 0.2) is 0 Å². The first kappa shape index (κ1) is 13.5. The van der Waals surface area contributed by atoms with E-state index in [9.17, 15) is 9.59 Å². The van der Waals surface area contributed by atoms with Crippen LogP contribution in [0.15, 0.2) is 12.3 Å². The molecule has 1 aliphatic heterocycles. The summed E-state index contributed by atoms with van der Waals surface area (Å²) in [6.45, 7) is 3.64. The van der Waals surface area contributed by atoms with Crippen LogP contribution in [0.5, 0.6) is 0 Å². The van der Waals surface area contributed by atoms with Crippen molar-refractivity contribution in [2.24, 2.45) is 0 Å². The van der Waals surface area contributed by atoms with Gasteiger partial charge in [0.1, 0.15) is 5.82 Å². The van der Waals surface area contributed by atoms with Gasteiger partial charge in [-0.25, -0.2) is 0 Å². The molecule has 1 unspecified atom stereocenters. The van der Waals surface area contributed by atoms with E-state index in [4.69, 9.17) is 5.73 Å². The number of nitrogens with one attached hydrogen (secondary N) is 1. The van der Waals surface area contributed by atoms with Crippen molar-refractivity contribution in [3.05, 3.63) is 12.3 Å². The number of hydrogen-bond donors (Lipinski definition) is 2. The number of carbonyl (C=O) groups excluding carboxylic acids is 2. The number of amides is 2. The Morgan fingerprint density at radius 1 is 1.47 bits per heavy atom. The number of anilines is 1. The third-order valence-corrected chi connectivity index (χ3v) is 3.23. The molecule has 1 aromatic rings. The number of aromatic nitrogens is 2. The fourth-order valence-electron chi connectivity index (χ4n) is 2.34. The minimum absolute atomic E-state index is 0.193. The smallest absolute Gasteiger partial charge is 0.243 e. The van der Waals surface area contributed by atoms with Crippen LogP contribution in [0, 0.1) is 0 Å². The highest BCUT2D eigenvalue weighted by atomic mass is 16.2. The lowest BCUT2D eigenvalue weighted by molar-refractivity contribution is -0.140. The molecular weight excluding hydrogens is 246 g/mol. The van der Waals surface area contributed by atoms with Crippen molar-refractivity contribution in [2.75, 3.05) is 18.8 Å². The van der Waals surface area contributed by atoms with Gasteiger partial charge in [-0.15, -0.1) is 0 Å². The summed E-state index contributed by atoms with van der Waals surface area (Å²) in [7, 11) is 0. The molecule has 0 aliphatic carbocycles. The maximum absolute atomic E-state index is 11.7. The fourth-order valence-corrected chi connectivity index (χ4v) is 2.34. The second-order valence-corrected chi connectivity index (χ2v) is 4.66. The average Bonchev–Trinajstić information content (AvgIpc) is 2.74. The monoisotopic (exact) mass is 265 g/mol. The highest BCUT2D eigenvalue weighted by Crippen LogP contribution is 2.10. The maximum atomic E-state index is 11.7. The number of nitrogen functional groups attached to an aromatic ring is 1. The van der Waals surface area contributed by atoms with Gasteiger partial charge < -0.3 is 5.73 Å². The molecule has 1 aromatic heterocycles. The van der Waals surface area contributed by atoms with E-state index in [2.05, 4.69) is 10.4 Å². The zero-order valence-electron chi connectivity index (χ0n) is 11.0. The first-order valence-electron chi connectivity index (χ1n) is 6.47. The summed E-state index contributed by atoms with van der Waals surface area (Å²) in [6.07, 6.45) is 3.34. The number of aryl methyl sites for hydroxylation is 1. The Balaban J connectivity index is 1.86. The summed E-state index contributed by atoms with van der Waals surface area (Å²) in [5.74, 6) is 0.0825. The summed E-state index contributed by atoms with van der Waals surface area (Å²) in [5, 5.41) is 6.46. The van der Waals surface area contributed by atoms with E-state index in [0.29, 0.717) is 18.8 Å². The van der Waals surface area contributed by atoms with Gasteiger partial charge in [0.2, 0.25) is 11.8 Å². The molecule has 0 radical (unpaired) electrons. The van der Waals surface area contributed by atoms with Crippen LogP contribution in [0.2, 0.25) is 0 Å². The van der Waals surface area contributed by atoms with Gasteiger partial charge >= 0.3 is 0 Å². The lowest BCUT2D eigenvalue weighted by Crippen LogP contribution is -2.57. The highest BCUT2D eigenvalue weighted by Gasteiger charge is 2.31. The van der Waals surface area contributed by atoms with Crippen LogP contribution in [0.4, 0.5) is 5.82 Å². The fraction of sp³-hybridized carbons (Fsp3) is 0.583. The molecule has 7 heteroatoms. The van der Waals surface area contributed by atoms with Crippen LogP contribution < -0.4 is 11.1 Å². The third kappa shape index (κ3) is 3.31. The second-order valence-electron chi connectivity index (χ2n) is 4.66. The highest BCUT2D eigenvalue weighted by molar-refractivity contribution is 6.01. The molecule has 2 amide bonds. The Hall–Kier alpha value is -1.89. The molecule has 1 aliphatic rings. The maximum Gasteiger partial charge on any atom is 0.243 e. The first-order valence-corrected chi connectivity index (χ1v) is 6.47. The van der Waals surface area contributed by atoms with Crippen LogP contribution in [0.1, 0.15) is 19.8 Å². The Kier molecular flexibility index (Phi) is 4.16. The molecule has 104 valence electrons. The van der Waals surface area contributed by atoms with Crippen LogP contribution in [-0.4, -0.2) is 45.6 Å². The summed E-state index contributed by atoms with van der Waals surface area (Å²) < 4.78 is 1.77. The first-order chi connectivity index (χ1) is 9.10. The van der Waals surface area contributed by atoms with Crippen molar-refractivity contribution < 1.29 is 9.59 Å². The molecular formula is C12H19N5O2. The Labute approximate surface area is 111 Å². The summed E-state index contributed by atoms with van der Waals surface area (Å²) in [4.78, 5) is 25.0. The summed E-state index contributed by atoms with van der Waals surface area (Å²) in [6, 6.07) is 1.53. The van der Waals surface area contributed by atoms with Crippen LogP contribution >= 0.6 is 0 Å². The van der Waals surface area contributed by atoms with Crippen molar-refractivity contribution in [1.29, 1.82) is 0 Å². The van der Waals surface area contributed by atoms with Gasteiger partial charge in [0, 0.05) is 19.3 Å². The molecule has 0 spiro atoms. The number of nitrogens with zero attached hydrogens (tertiary/aromatic N) is 3. The van der Waals surface area contributed by atoms with E-state index in [1.54, 1.807) is 10.7 Å². The van der Waals surface area contributed by atoms with Crippen molar-refractivity contribution in [3.8, 4) is 0 Å². The molecule has 1 saturated heterocycles. The second kappa shape index (κ2) is 5.83. The van der Waals surface area contributed by atoms with Gasteiger partial charge in [-0.3, -0.25) is 24.5 Å². The predicted octanol–water partition coefficient (Wildman–Crippen LogP) is -0.408. The molecule has 1 atom stereocenters. The Morgan fingerprint density at radius 2 is 2.26 bits per heavy atom. The zero-order chi connectivity index (χ0) is 13.8. The molecule has 7 nitrogen and oxygen atoms in total. The number of imide groups is 1. The van der Waals surface area contributed by atoms with E-state index in [1.165, 1.54) is 0 Å². The number of carbonyl (C=O) groups is 2. The minimum Gasteiger partial charge on any atom is -0.382 e. The van der Waals surface area contributed by atoms with E-state index in [-0.39, 0.29) is 24.4 Å². The van der Waals surface area contributed by atoms with Crippen molar-refractivity contribution in [2.45, 2.75) is 32.4 Å². The number of hydrogen-bond acceptors (Lipinski definition) is 5. The standard InChI is InChI=1S/C12H19N5O2/c1-2-9-12(19)14-11(18)8-16(9)5-3-6-17-7-4-10(13)15-17/h4,7,9H,2-3,5-6,8H2,1H3,(H2,13,15)(H,14,18,19). The SMILES string of the molecule is CCC1C(=O)NC(=O)CN1CCCn1ccc(N)n1. The van der Waals surface area contributed by atoms with E-state index < -0.39 is 0 Å². The van der Waals surface area contributed by atoms with Gasteiger partial charge in [-0.2, -0.15) is 5.10 Å². The molecule has 0 aromatic carbocycles. The topological polar surface area (TPSA) is 93.2 Å². The van der Waals surface area contributed by atoms with Gasteiger partial charge in [0.25, 0.3) is 0 Å². The van der Waals surface area contributed by atoms with Crippen molar-refractivity contribution >= 4 is 17.6 Å². The minimum atomic E-state index is -0.224. The van der Waals surface area contributed by atoms with Crippen molar-refractivity contribution in [1.82, 2.24) is 20.0 Å². The molecule has 3 N–H and O–H groups in total. The summed E-state index contributed by atoms with van der Waals surface area (Å²) >= 11 is 0. The van der Waals surface area contributed by atoms with E-state index in [0.717, 1.165) is 13.0 Å². The number of nitrogens with two attached hydrogens (primary N) is 1. The quantitative estimate of drug-likeness (QED) is 0.706. The molecule has 2 rings (SSSR count). The van der Waals surface area contributed by atoms with E-state index >= 15 is 0 Å². The molecule has 0 bridgehead atoms. The normalized spacial score (nSPS) is 20.6. The molecule has 1 fully saturated rings. The van der Waals surface area contributed by atoms with E-state index in [1.807, 2.05) is 18.0 Å². The van der Waals surface area contributed by atoms with Crippen LogP contribution in [-0.2, 0) is 16.1 Å². The van der Waals surface area contributed by atoms with Gasteiger partial charge in [-0.1, -0.05) is 6.92 Å². The number of piperazine rings is 1. The molecule has 0 saturated carbocycles.